The maximum atomic E-state index is 5.62. The van der Waals surface area contributed by atoms with Gasteiger partial charge in [0.2, 0.25) is 5.13 Å². The second kappa shape index (κ2) is 8.14. The molecule has 116 valence electrons. The van der Waals surface area contributed by atoms with E-state index >= 15 is 0 Å². The second-order valence-corrected chi connectivity index (χ2v) is 6.32. The lowest BCUT2D eigenvalue weighted by Gasteiger charge is -2.12. The van der Waals surface area contributed by atoms with E-state index in [-0.39, 0.29) is 0 Å². The first kappa shape index (κ1) is 16.8. The molecule has 0 radical (unpaired) electrons. The standard InChI is InChI=1S/C15H16IN3O2S/c1-4-5-21-14-12(16)6-11(7-13(14)20-3)8-17-19-15-18-10(2)9-22-15/h4,6-9H,1,5H2,2-3H3,(H,18,19). The zero-order chi connectivity index (χ0) is 15.9. The molecule has 2 rings (SSSR count). The summed E-state index contributed by atoms with van der Waals surface area (Å²) in [5.41, 5.74) is 4.79. The Hall–Kier alpha value is -1.61. The predicted octanol–water partition coefficient (Wildman–Crippen LogP) is 4.08. The zero-order valence-electron chi connectivity index (χ0n) is 12.3. The Kier molecular flexibility index (Phi) is 6.20. The number of rotatable bonds is 7. The Morgan fingerprint density at radius 3 is 2.95 bits per heavy atom. The van der Waals surface area contributed by atoms with Crippen molar-refractivity contribution in [2.45, 2.75) is 6.92 Å². The molecular weight excluding hydrogens is 413 g/mol. The molecule has 1 N–H and O–H groups in total. The summed E-state index contributed by atoms with van der Waals surface area (Å²) in [5, 5.41) is 6.92. The molecule has 0 saturated heterocycles. The summed E-state index contributed by atoms with van der Waals surface area (Å²) >= 11 is 3.73. The van der Waals surface area contributed by atoms with Gasteiger partial charge in [-0.05, 0) is 47.2 Å². The third kappa shape index (κ3) is 4.44. The Labute approximate surface area is 147 Å². The normalized spacial score (nSPS) is 10.7. The smallest absolute Gasteiger partial charge is 0.203 e. The molecule has 5 nitrogen and oxygen atoms in total. The van der Waals surface area contributed by atoms with Crippen LogP contribution >= 0.6 is 33.9 Å². The fourth-order valence-electron chi connectivity index (χ4n) is 1.66. The number of nitrogens with zero attached hydrogens (tertiary/aromatic N) is 2. The van der Waals surface area contributed by atoms with Gasteiger partial charge in [0.05, 0.1) is 22.6 Å². The molecule has 0 saturated carbocycles. The molecule has 0 aliphatic heterocycles. The molecule has 1 aromatic carbocycles. The average Bonchev–Trinajstić information content (AvgIpc) is 2.91. The van der Waals surface area contributed by atoms with Crippen LogP contribution in [0, 0.1) is 10.5 Å². The number of aryl methyl sites for hydroxylation is 1. The highest BCUT2D eigenvalue weighted by atomic mass is 127. The number of halogens is 1. The van der Waals surface area contributed by atoms with Gasteiger partial charge in [0, 0.05) is 5.38 Å². The summed E-state index contributed by atoms with van der Waals surface area (Å²) in [6.45, 7) is 6.03. The minimum atomic E-state index is 0.435. The van der Waals surface area contributed by atoms with E-state index in [9.17, 15) is 0 Å². The van der Waals surface area contributed by atoms with Crippen LogP contribution in [-0.2, 0) is 0 Å². The van der Waals surface area contributed by atoms with Crippen molar-refractivity contribution in [2.75, 3.05) is 19.1 Å². The summed E-state index contributed by atoms with van der Waals surface area (Å²) in [4.78, 5) is 4.28. The summed E-state index contributed by atoms with van der Waals surface area (Å²) in [7, 11) is 1.61. The van der Waals surface area contributed by atoms with Crippen LogP contribution in [0.5, 0.6) is 11.5 Å². The van der Waals surface area contributed by atoms with E-state index in [0.717, 1.165) is 20.0 Å². The van der Waals surface area contributed by atoms with Gasteiger partial charge in [0.1, 0.15) is 6.61 Å². The predicted molar refractivity (Wildman–Crippen MR) is 99.5 cm³/mol. The van der Waals surface area contributed by atoms with Crippen LogP contribution in [0.15, 0.2) is 35.3 Å². The van der Waals surface area contributed by atoms with E-state index in [1.165, 1.54) is 11.3 Å². The summed E-state index contributed by atoms with van der Waals surface area (Å²) in [6.07, 6.45) is 3.42. The fourth-order valence-corrected chi connectivity index (χ4v) is 3.08. The first-order valence-corrected chi connectivity index (χ1v) is 8.42. The number of hydrazone groups is 1. The van der Waals surface area contributed by atoms with Gasteiger partial charge >= 0.3 is 0 Å². The Balaban J connectivity index is 2.13. The lowest BCUT2D eigenvalue weighted by Crippen LogP contribution is -2.00. The number of ether oxygens (including phenoxy) is 2. The molecule has 0 bridgehead atoms. The van der Waals surface area contributed by atoms with Crippen LogP contribution in [-0.4, -0.2) is 24.9 Å². The number of anilines is 1. The second-order valence-electron chi connectivity index (χ2n) is 4.30. The highest BCUT2D eigenvalue weighted by Gasteiger charge is 2.10. The quantitative estimate of drug-likeness (QED) is 0.312. The minimum Gasteiger partial charge on any atom is -0.493 e. The maximum absolute atomic E-state index is 5.62. The van der Waals surface area contributed by atoms with Crippen molar-refractivity contribution in [2.24, 2.45) is 5.10 Å². The largest absolute Gasteiger partial charge is 0.493 e. The third-order valence-electron chi connectivity index (χ3n) is 2.59. The number of hydrogen-bond donors (Lipinski definition) is 1. The zero-order valence-corrected chi connectivity index (χ0v) is 15.3. The van der Waals surface area contributed by atoms with E-state index in [1.54, 1.807) is 19.4 Å². The highest BCUT2D eigenvalue weighted by Crippen LogP contribution is 2.33. The van der Waals surface area contributed by atoms with E-state index in [4.69, 9.17) is 9.47 Å². The van der Waals surface area contributed by atoms with Crippen LogP contribution in [0.4, 0.5) is 5.13 Å². The summed E-state index contributed by atoms with van der Waals surface area (Å²) in [6, 6.07) is 3.85. The number of hydrogen-bond acceptors (Lipinski definition) is 6. The van der Waals surface area contributed by atoms with Crippen molar-refractivity contribution >= 4 is 45.3 Å². The number of thiazole rings is 1. The molecule has 0 unspecified atom stereocenters. The van der Waals surface area contributed by atoms with Crippen molar-refractivity contribution in [3.05, 3.63) is 45.0 Å². The van der Waals surface area contributed by atoms with E-state index in [1.807, 2.05) is 24.4 Å². The molecule has 0 aliphatic rings. The first-order valence-electron chi connectivity index (χ1n) is 6.46. The molecule has 0 fully saturated rings. The summed E-state index contributed by atoms with van der Waals surface area (Å²) in [5.74, 6) is 1.38. The van der Waals surface area contributed by atoms with Crippen LogP contribution in [0.2, 0.25) is 0 Å². The molecule has 22 heavy (non-hydrogen) atoms. The van der Waals surface area contributed by atoms with Crippen LogP contribution < -0.4 is 14.9 Å². The van der Waals surface area contributed by atoms with E-state index in [2.05, 4.69) is 44.7 Å². The van der Waals surface area contributed by atoms with Crippen molar-refractivity contribution in [3.8, 4) is 11.5 Å². The van der Waals surface area contributed by atoms with Crippen molar-refractivity contribution in [1.82, 2.24) is 4.98 Å². The van der Waals surface area contributed by atoms with Gasteiger partial charge in [0.25, 0.3) is 0 Å². The van der Waals surface area contributed by atoms with Crippen LogP contribution in [0.1, 0.15) is 11.3 Å². The van der Waals surface area contributed by atoms with Gasteiger partial charge in [-0.15, -0.1) is 11.3 Å². The van der Waals surface area contributed by atoms with Gasteiger partial charge in [0.15, 0.2) is 11.5 Å². The van der Waals surface area contributed by atoms with Crippen LogP contribution in [0.3, 0.4) is 0 Å². The summed E-state index contributed by atoms with van der Waals surface area (Å²) < 4.78 is 11.9. The van der Waals surface area contributed by atoms with Crippen molar-refractivity contribution in [3.63, 3.8) is 0 Å². The first-order chi connectivity index (χ1) is 10.6. The topological polar surface area (TPSA) is 55.7 Å². The van der Waals surface area contributed by atoms with Crippen molar-refractivity contribution in [1.29, 1.82) is 0 Å². The van der Waals surface area contributed by atoms with Crippen molar-refractivity contribution < 1.29 is 9.47 Å². The highest BCUT2D eigenvalue weighted by molar-refractivity contribution is 14.1. The average molecular weight is 429 g/mol. The SMILES string of the molecule is C=CCOc1c(I)cc(C=NNc2nc(C)cs2)cc1OC. The number of aromatic nitrogens is 1. The van der Waals surface area contributed by atoms with Gasteiger partial charge in [-0.3, -0.25) is 5.43 Å². The molecule has 1 aromatic heterocycles. The third-order valence-corrected chi connectivity index (χ3v) is 4.26. The molecule has 0 aliphatic carbocycles. The lowest BCUT2D eigenvalue weighted by molar-refractivity contribution is 0.324. The molecule has 1 heterocycles. The van der Waals surface area contributed by atoms with Gasteiger partial charge in [-0.25, -0.2) is 4.98 Å². The Morgan fingerprint density at radius 1 is 1.50 bits per heavy atom. The molecule has 0 atom stereocenters. The Morgan fingerprint density at radius 2 is 2.32 bits per heavy atom. The lowest BCUT2D eigenvalue weighted by atomic mass is 10.2. The number of benzene rings is 1. The van der Waals surface area contributed by atoms with Crippen LogP contribution in [0.25, 0.3) is 0 Å². The van der Waals surface area contributed by atoms with Gasteiger partial charge in [-0.2, -0.15) is 5.10 Å². The molecule has 0 amide bonds. The van der Waals surface area contributed by atoms with E-state index in [0.29, 0.717) is 18.1 Å². The number of nitrogens with one attached hydrogen (secondary N) is 1. The van der Waals surface area contributed by atoms with Gasteiger partial charge in [-0.1, -0.05) is 12.7 Å². The Bertz CT molecular complexity index is 685. The fraction of sp³-hybridized carbons (Fsp3) is 0.200. The monoisotopic (exact) mass is 429 g/mol. The molecular formula is C15H16IN3O2S. The maximum Gasteiger partial charge on any atom is 0.203 e. The minimum absolute atomic E-state index is 0.435. The number of methoxy groups -OCH3 is 1. The molecule has 0 spiro atoms. The van der Waals surface area contributed by atoms with E-state index < -0.39 is 0 Å². The molecule has 2 aromatic rings. The molecule has 7 heteroatoms. The van der Waals surface area contributed by atoms with Gasteiger partial charge < -0.3 is 9.47 Å².